The molecule has 0 saturated heterocycles. The van der Waals surface area contributed by atoms with Crippen LogP contribution >= 0.6 is 0 Å². The highest BCUT2D eigenvalue weighted by Crippen LogP contribution is 2.43. The zero-order chi connectivity index (χ0) is 19.8. The van der Waals surface area contributed by atoms with Gasteiger partial charge in [-0.15, -0.1) is 10.2 Å². The molecule has 2 fully saturated rings. The lowest BCUT2D eigenvalue weighted by molar-refractivity contribution is 0.253. The van der Waals surface area contributed by atoms with E-state index < -0.39 is 10.0 Å². The molecule has 2 saturated carbocycles. The number of hydrogen-bond acceptors (Lipinski definition) is 7. The summed E-state index contributed by atoms with van der Waals surface area (Å²) >= 11 is 0. The van der Waals surface area contributed by atoms with Gasteiger partial charge in [0.25, 0.3) is 0 Å². The molecule has 0 bridgehead atoms. The van der Waals surface area contributed by atoms with E-state index in [1.165, 1.54) is 0 Å². The van der Waals surface area contributed by atoms with Crippen LogP contribution in [0.15, 0.2) is 52.4 Å². The zero-order valence-electron chi connectivity index (χ0n) is 15.8. The van der Waals surface area contributed by atoms with Crippen molar-refractivity contribution in [2.45, 2.75) is 60.9 Å². The number of nitrogens with one attached hydrogen (secondary N) is 1. The van der Waals surface area contributed by atoms with Gasteiger partial charge in [0.1, 0.15) is 12.7 Å². The van der Waals surface area contributed by atoms with Gasteiger partial charge >= 0.3 is 0 Å². The van der Waals surface area contributed by atoms with Gasteiger partial charge < -0.3 is 9.09 Å². The Hall–Kier alpha value is -2.59. The molecule has 152 valence electrons. The predicted molar refractivity (Wildman–Crippen MR) is 102 cm³/mol. The SMILES string of the molecule is O=S(=O)(N[C@H]1CCC(c2noc(C3CC3)n2)[C@H](n2cnnc2)C1)c1ccccc1. The molecular weight excluding hydrogens is 392 g/mol. The molecule has 10 heteroatoms. The van der Waals surface area contributed by atoms with E-state index in [4.69, 9.17) is 4.52 Å². The van der Waals surface area contributed by atoms with Crippen molar-refractivity contribution in [3.8, 4) is 0 Å². The molecule has 0 amide bonds. The van der Waals surface area contributed by atoms with Gasteiger partial charge in [0.05, 0.1) is 4.90 Å². The summed E-state index contributed by atoms with van der Waals surface area (Å²) in [6.45, 7) is 0. The van der Waals surface area contributed by atoms with Gasteiger partial charge in [-0.25, -0.2) is 13.1 Å². The van der Waals surface area contributed by atoms with E-state index >= 15 is 0 Å². The molecule has 1 aromatic carbocycles. The number of aromatic nitrogens is 5. The van der Waals surface area contributed by atoms with Gasteiger partial charge in [-0.05, 0) is 44.2 Å². The summed E-state index contributed by atoms with van der Waals surface area (Å²) in [5.74, 6) is 1.84. The van der Waals surface area contributed by atoms with Gasteiger partial charge in [0.2, 0.25) is 15.9 Å². The quantitative estimate of drug-likeness (QED) is 0.658. The third-order valence-corrected chi connectivity index (χ3v) is 7.26. The Morgan fingerprint density at radius 2 is 1.79 bits per heavy atom. The smallest absolute Gasteiger partial charge is 0.240 e. The second-order valence-corrected chi connectivity index (χ2v) is 9.51. The Kier molecular flexibility index (Phi) is 4.67. The highest BCUT2D eigenvalue weighted by atomic mass is 32.2. The van der Waals surface area contributed by atoms with Gasteiger partial charge in [0, 0.05) is 23.9 Å². The van der Waals surface area contributed by atoms with Crippen molar-refractivity contribution in [2.75, 3.05) is 0 Å². The molecule has 3 aromatic rings. The van der Waals surface area contributed by atoms with Crippen LogP contribution in [0.4, 0.5) is 0 Å². The normalized spacial score (nSPS) is 25.2. The summed E-state index contributed by atoms with van der Waals surface area (Å²) in [6.07, 6.45) is 7.56. The first-order chi connectivity index (χ1) is 14.1. The molecule has 1 N–H and O–H groups in total. The van der Waals surface area contributed by atoms with E-state index in [2.05, 4.69) is 25.1 Å². The van der Waals surface area contributed by atoms with E-state index in [1.807, 2.05) is 4.57 Å². The van der Waals surface area contributed by atoms with Crippen LogP contribution < -0.4 is 4.72 Å². The summed E-state index contributed by atoms with van der Waals surface area (Å²) in [5.41, 5.74) is 0. The second kappa shape index (κ2) is 7.34. The standard InChI is InChI=1S/C19H22N6O3S/c26-29(27,15-4-2-1-3-5-15)24-14-8-9-16(17(10-14)25-11-20-21-12-25)18-22-19(28-23-18)13-6-7-13/h1-5,11-14,16-17,24H,6-10H2/t14-,16?,17+/m0/s1. The highest BCUT2D eigenvalue weighted by molar-refractivity contribution is 7.89. The molecule has 2 aliphatic rings. The Labute approximate surface area is 168 Å². The van der Waals surface area contributed by atoms with Crippen molar-refractivity contribution in [1.82, 2.24) is 29.6 Å². The molecule has 1 unspecified atom stereocenters. The zero-order valence-corrected chi connectivity index (χ0v) is 16.6. The second-order valence-electron chi connectivity index (χ2n) is 7.79. The molecule has 29 heavy (non-hydrogen) atoms. The molecule has 2 aliphatic carbocycles. The first kappa shape index (κ1) is 18.4. The minimum atomic E-state index is -3.57. The number of nitrogens with zero attached hydrogens (tertiary/aromatic N) is 5. The Morgan fingerprint density at radius 1 is 1.03 bits per heavy atom. The minimum Gasteiger partial charge on any atom is -0.339 e. The summed E-state index contributed by atoms with van der Waals surface area (Å²) in [6, 6.07) is 8.20. The number of benzene rings is 1. The summed E-state index contributed by atoms with van der Waals surface area (Å²) in [5, 5.41) is 12.1. The number of hydrogen-bond donors (Lipinski definition) is 1. The predicted octanol–water partition coefficient (Wildman–Crippen LogP) is 2.39. The van der Waals surface area contributed by atoms with Crippen molar-refractivity contribution in [3.63, 3.8) is 0 Å². The van der Waals surface area contributed by atoms with Crippen molar-refractivity contribution in [2.24, 2.45) is 0 Å². The molecule has 9 nitrogen and oxygen atoms in total. The van der Waals surface area contributed by atoms with Gasteiger partial charge in [0.15, 0.2) is 5.82 Å². The van der Waals surface area contributed by atoms with Crippen LogP contribution in [0.3, 0.4) is 0 Å². The molecular formula is C19H22N6O3S. The summed E-state index contributed by atoms with van der Waals surface area (Å²) in [4.78, 5) is 4.91. The molecule has 0 spiro atoms. The van der Waals surface area contributed by atoms with E-state index in [0.29, 0.717) is 24.6 Å². The van der Waals surface area contributed by atoms with Gasteiger partial charge in [-0.3, -0.25) is 0 Å². The van der Waals surface area contributed by atoms with Gasteiger partial charge in [-0.1, -0.05) is 23.4 Å². The first-order valence-electron chi connectivity index (χ1n) is 9.85. The van der Waals surface area contributed by atoms with Crippen LogP contribution in [0, 0.1) is 0 Å². The number of rotatable bonds is 6. The maximum absolute atomic E-state index is 12.7. The third kappa shape index (κ3) is 3.82. The average Bonchev–Trinajstić information content (AvgIpc) is 3.23. The lowest BCUT2D eigenvalue weighted by atomic mass is 9.81. The number of sulfonamides is 1. The van der Waals surface area contributed by atoms with Crippen LogP contribution in [0.2, 0.25) is 0 Å². The van der Waals surface area contributed by atoms with Crippen LogP contribution in [0.25, 0.3) is 0 Å². The van der Waals surface area contributed by atoms with Crippen LogP contribution in [0.5, 0.6) is 0 Å². The Balaban J connectivity index is 1.37. The largest absolute Gasteiger partial charge is 0.339 e. The molecule has 2 aromatic heterocycles. The highest BCUT2D eigenvalue weighted by Gasteiger charge is 2.38. The van der Waals surface area contributed by atoms with Crippen molar-refractivity contribution in [1.29, 1.82) is 0 Å². The van der Waals surface area contributed by atoms with Crippen molar-refractivity contribution in [3.05, 3.63) is 54.7 Å². The molecule has 0 aliphatic heterocycles. The fourth-order valence-corrected chi connectivity index (χ4v) is 5.35. The Morgan fingerprint density at radius 3 is 2.52 bits per heavy atom. The van der Waals surface area contributed by atoms with E-state index in [0.717, 1.165) is 25.2 Å². The third-order valence-electron chi connectivity index (χ3n) is 5.73. The average molecular weight is 414 g/mol. The summed E-state index contributed by atoms with van der Waals surface area (Å²) in [7, 11) is -3.57. The molecule has 3 atom stereocenters. The van der Waals surface area contributed by atoms with E-state index in [-0.39, 0.29) is 22.9 Å². The molecule has 5 rings (SSSR count). The minimum absolute atomic E-state index is 0.0275. The van der Waals surface area contributed by atoms with Crippen LogP contribution in [-0.4, -0.2) is 39.4 Å². The Bertz CT molecular complexity index is 1060. The first-order valence-corrected chi connectivity index (χ1v) is 11.3. The van der Waals surface area contributed by atoms with E-state index in [9.17, 15) is 8.42 Å². The topological polar surface area (TPSA) is 116 Å². The fourth-order valence-electron chi connectivity index (χ4n) is 4.05. The monoisotopic (exact) mass is 414 g/mol. The molecule has 2 heterocycles. The van der Waals surface area contributed by atoms with Crippen LogP contribution in [0.1, 0.15) is 61.7 Å². The fraction of sp³-hybridized carbons (Fsp3) is 0.474. The van der Waals surface area contributed by atoms with Gasteiger partial charge in [-0.2, -0.15) is 4.98 Å². The molecule has 0 radical (unpaired) electrons. The lowest BCUT2D eigenvalue weighted by Crippen LogP contribution is -2.41. The maximum atomic E-state index is 12.7. The summed E-state index contributed by atoms with van der Waals surface area (Å²) < 4.78 is 35.7. The van der Waals surface area contributed by atoms with Crippen molar-refractivity contribution < 1.29 is 12.9 Å². The van der Waals surface area contributed by atoms with E-state index in [1.54, 1.807) is 43.0 Å². The van der Waals surface area contributed by atoms with Crippen LogP contribution in [-0.2, 0) is 10.0 Å². The van der Waals surface area contributed by atoms with Crippen molar-refractivity contribution >= 4 is 10.0 Å². The lowest BCUT2D eigenvalue weighted by Gasteiger charge is -2.35. The maximum Gasteiger partial charge on any atom is 0.240 e.